The second-order valence-corrected chi connectivity index (χ2v) is 9.55. The maximum absolute atomic E-state index is 12.5. The molecule has 142 valence electrons. The van der Waals surface area contributed by atoms with Gasteiger partial charge in [-0.25, -0.2) is 8.42 Å². The van der Waals surface area contributed by atoms with Gasteiger partial charge in [0.25, 0.3) is 5.91 Å². The number of fused-ring (bicyclic) bond motifs is 1. The van der Waals surface area contributed by atoms with Gasteiger partial charge in [0.2, 0.25) is 0 Å². The molecule has 0 saturated heterocycles. The van der Waals surface area contributed by atoms with Crippen molar-refractivity contribution in [2.45, 2.75) is 39.1 Å². The lowest BCUT2D eigenvalue weighted by atomic mass is 10.1. The summed E-state index contributed by atoms with van der Waals surface area (Å²) >= 11 is 1.42. The van der Waals surface area contributed by atoms with Crippen LogP contribution in [0.1, 0.15) is 23.6 Å². The van der Waals surface area contributed by atoms with Crippen LogP contribution in [-0.2, 0) is 21.2 Å². The van der Waals surface area contributed by atoms with E-state index in [0.717, 1.165) is 26.9 Å². The van der Waals surface area contributed by atoms with E-state index in [1.807, 2.05) is 44.4 Å². The summed E-state index contributed by atoms with van der Waals surface area (Å²) < 4.78 is 28.0. The number of carbonyl (C=O) groups excluding carboxylic acids is 1. The minimum Gasteiger partial charge on any atom is -0.316 e. The third-order valence-electron chi connectivity index (χ3n) is 4.45. The summed E-state index contributed by atoms with van der Waals surface area (Å²) in [6.45, 7) is 8.56. The van der Waals surface area contributed by atoms with E-state index >= 15 is 0 Å². The number of thiazole rings is 1. The molecule has 0 aliphatic rings. The number of carbonyl (C=O) groups is 1. The molecule has 1 aromatic heterocycles. The predicted octanol–water partition coefficient (Wildman–Crippen LogP) is 3.55. The van der Waals surface area contributed by atoms with Crippen LogP contribution in [0.3, 0.4) is 0 Å². The highest BCUT2D eigenvalue weighted by Crippen LogP contribution is 2.24. The van der Waals surface area contributed by atoms with Gasteiger partial charge in [-0.05, 0) is 51.0 Å². The molecule has 2 aromatic carbocycles. The third kappa shape index (κ3) is 3.89. The Morgan fingerprint density at radius 3 is 2.30 bits per heavy atom. The Hall–Kier alpha value is -2.25. The monoisotopic (exact) mass is 402 g/mol. The summed E-state index contributed by atoms with van der Waals surface area (Å²) in [7, 11) is -3.71. The van der Waals surface area contributed by atoms with Gasteiger partial charge in [-0.2, -0.15) is 4.99 Å². The van der Waals surface area contributed by atoms with Crippen molar-refractivity contribution in [3.63, 3.8) is 0 Å². The van der Waals surface area contributed by atoms with Crippen molar-refractivity contribution in [2.75, 3.05) is 5.75 Å². The minimum atomic E-state index is -3.71. The van der Waals surface area contributed by atoms with Gasteiger partial charge in [-0.15, -0.1) is 0 Å². The molecule has 27 heavy (non-hydrogen) atoms. The zero-order valence-electron chi connectivity index (χ0n) is 15.8. The summed E-state index contributed by atoms with van der Waals surface area (Å²) in [6, 6.07) is 10.6. The number of aryl methyl sites for hydroxylation is 4. The Morgan fingerprint density at radius 1 is 1.04 bits per heavy atom. The fraction of sp³-hybridized carbons (Fsp3) is 0.300. The summed E-state index contributed by atoms with van der Waals surface area (Å²) in [5, 5.41) is 0. The number of hydrogen-bond acceptors (Lipinski definition) is 4. The number of amides is 1. The molecule has 7 heteroatoms. The summed E-state index contributed by atoms with van der Waals surface area (Å²) in [5.41, 5.74) is 4.24. The Labute approximate surface area is 162 Å². The third-order valence-corrected chi connectivity index (χ3v) is 7.29. The number of rotatable bonds is 4. The molecule has 0 radical (unpaired) electrons. The lowest BCUT2D eigenvalue weighted by molar-refractivity contribution is -0.115. The standard InChI is InChI=1S/C20H22N2O3S2/c1-5-22-18-14(3)8-9-15(4)19(18)26-20(22)21-17(23)12-27(24,25)16-10-6-13(2)7-11-16/h6-11H,5,12H2,1-4H3. The van der Waals surface area contributed by atoms with Crippen molar-refractivity contribution in [1.82, 2.24) is 4.57 Å². The molecule has 0 atom stereocenters. The van der Waals surface area contributed by atoms with Gasteiger partial charge < -0.3 is 4.57 Å². The SMILES string of the molecule is CCn1c(=NC(=O)CS(=O)(=O)c2ccc(C)cc2)sc2c(C)ccc(C)c21. The van der Waals surface area contributed by atoms with Crippen LogP contribution < -0.4 is 4.80 Å². The highest BCUT2D eigenvalue weighted by Gasteiger charge is 2.19. The van der Waals surface area contributed by atoms with Crippen molar-refractivity contribution in [3.8, 4) is 0 Å². The second kappa shape index (κ2) is 7.40. The van der Waals surface area contributed by atoms with Gasteiger partial charge in [-0.3, -0.25) is 4.79 Å². The second-order valence-electron chi connectivity index (χ2n) is 6.58. The van der Waals surface area contributed by atoms with Crippen LogP contribution in [0.5, 0.6) is 0 Å². The van der Waals surface area contributed by atoms with E-state index in [1.54, 1.807) is 12.1 Å². The first-order chi connectivity index (χ1) is 12.7. The number of benzene rings is 2. The molecule has 0 fully saturated rings. The maximum Gasteiger partial charge on any atom is 0.263 e. The molecule has 0 aliphatic heterocycles. The number of nitrogens with zero attached hydrogens (tertiary/aromatic N) is 2. The van der Waals surface area contributed by atoms with Gasteiger partial charge in [-0.1, -0.05) is 41.2 Å². The van der Waals surface area contributed by atoms with E-state index in [2.05, 4.69) is 4.99 Å². The molecule has 0 N–H and O–H groups in total. The number of sulfone groups is 1. The molecular formula is C20H22N2O3S2. The van der Waals surface area contributed by atoms with Crippen LogP contribution in [-0.4, -0.2) is 24.6 Å². The quantitative estimate of drug-likeness (QED) is 0.670. The van der Waals surface area contributed by atoms with Gasteiger partial charge in [0.15, 0.2) is 14.6 Å². The lowest BCUT2D eigenvalue weighted by Gasteiger charge is -2.05. The van der Waals surface area contributed by atoms with E-state index in [9.17, 15) is 13.2 Å². The normalized spacial score (nSPS) is 12.7. The Kier molecular flexibility index (Phi) is 5.35. The van der Waals surface area contributed by atoms with Crippen molar-refractivity contribution < 1.29 is 13.2 Å². The first-order valence-electron chi connectivity index (χ1n) is 8.69. The fourth-order valence-corrected chi connectivity index (χ4v) is 5.35. The molecule has 0 bridgehead atoms. The van der Waals surface area contributed by atoms with E-state index < -0.39 is 21.5 Å². The van der Waals surface area contributed by atoms with E-state index in [0.29, 0.717) is 11.3 Å². The molecule has 3 rings (SSSR count). The number of aromatic nitrogens is 1. The van der Waals surface area contributed by atoms with Crippen molar-refractivity contribution in [1.29, 1.82) is 0 Å². The van der Waals surface area contributed by atoms with Gasteiger partial charge >= 0.3 is 0 Å². The summed E-state index contributed by atoms with van der Waals surface area (Å²) in [6.07, 6.45) is 0. The molecule has 1 heterocycles. The first-order valence-corrected chi connectivity index (χ1v) is 11.2. The lowest BCUT2D eigenvalue weighted by Crippen LogP contribution is -2.20. The average molecular weight is 403 g/mol. The first kappa shape index (κ1) is 19.5. The Bertz CT molecular complexity index is 1180. The van der Waals surface area contributed by atoms with E-state index in [4.69, 9.17) is 0 Å². The smallest absolute Gasteiger partial charge is 0.263 e. The average Bonchev–Trinajstić information content (AvgIpc) is 2.97. The van der Waals surface area contributed by atoms with Crippen LogP contribution in [0, 0.1) is 20.8 Å². The van der Waals surface area contributed by atoms with E-state index in [-0.39, 0.29) is 4.90 Å². The zero-order chi connectivity index (χ0) is 19.8. The highest BCUT2D eigenvalue weighted by molar-refractivity contribution is 7.92. The van der Waals surface area contributed by atoms with Crippen LogP contribution in [0.2, 0.25) is 0 Å². The largest absolute Gasteiger partial charge is 0.316 e. The summed E-state index contributed by atoms with van der Waals surface area (Å²) in [5.74, 6) is -1.29. The van der Waals surface area contributed by atoms with Gasteiger partial charge in [0.1, 0.15) is 5.75 Å². The van der Waals surface area contributed by atoms with Crippen LogP contribution in [0.15, 0.2) is 46.3 Å². The molecule has 0 aliphatic carbocycles. The molecule has 3 aromatic rings. The molecule has 0 unspecified atom stereocenters. The topological polar surface area (TPSA) is 68.5 Å². The Morgan fingerprint density at radius 2 is 1.67 bits per heavy atom. The minimum absolute atomic E-state index is 0.142. The molecule has 1 amide bonds. The van der Waals surface area contributed by atoms with Crippen LogP contribution >= 0.6 is 11.3 Å². The highest BCUT2D eigenvalue weighted by atomic mass is 32.2. The van der Waals surface area contributed by atoms with Gasteiger partial charge in [0, 0.05) is 6.54 Å². The van der Waals surface area contributed by atoms with Crippen molar-refractivity contribution >= 4 is 37.3 Å². The fourth-order valence-electron chi connectivity index (χ4n) is 2.98. The molecular weight excluding hydrogens is 380 g/mol. The van der Waals surface area contributed by atoms with E-state index in [1.165, 1.54) is 23.5 Å². The molecule has 0 saturated carbocycles. The zero-order valence-corrected chi connectivity index (χ0v) is 17.4. The van der Waals surface area contributed by atoms with Crippen molar-refractivity contribution in [2.24, 2.45) is 4.99 Å². The van der Waals surface area contributed by atoms with Crippen LogP contribution in [0.25, 0.3) is 10.2 Å². The molecule has 5 nitrogen and oxygen atoms in total. The summed E-state index contributed by atoms with van der Waals surface area (Å²) in [4.78, 5) is 17.2. The van der Waals surface area contributed by atoms with Crippen LogP contribution in [0.4, 0.5) is 0 Å². The predicted molar refractivity (Wildman–Crippen MR) is 109 cm³/mol. The Balaban J connectivity index is 2.02. The van der Waals surface area contributed by atoms with Gasteiger partial charge in [0.05, 0.1) is 15.1 Å². The van der Waals surface area contributed by atoms with Crippen molar-refractivity contribution in [3.05, 3.63) is 57.9 Å². The number of hydrogen-bond donors (Lipinski definition) is 0. The maximum atomic E-state index is 12.5. The molecule has 0 spiro atoms.